The lowest BCUT2D eigenvalue weighted by molar-refractivity contribution is -0.137. The van der Waals surface area contributed by atoms with Crippen LogP contribution in [0.4, 0.5) is 18.9 Å². The molecule has 2 N–H and O–H groups in total. The second-order valence-electron chi connectivity index (χ2n) is 6.97. The van der Waals surface area contributed by atoms with Gasteiger partial charge in [0, 0.05) is 28.9 Å². The fraction of sp³-hybridized carbons (Fsp3) is 0.0455. The molecule has 0 aliphatic carbocycles. The number of amides is 1. The van der Waals surface area contributed by atoms with Gasteiger partial charge in [0.25, 0.3) is 5.89 Å². The third-order valence-corrected chi connectivity index (χ3v) is 4.93. The van der Waals surface area contributed by atoms with Gasteiger partial charge >= 0.3 is 12.1 Å². The molecule has 0 spiro atoms. The van der Waals surface area contributed by atoms with Gasteiger partial charge < -0.3 is 14.7 Å². The van der Waals surface area contributed by atoms with Gasteiger partial charge in [-0.3, -0.25) is 4.79 Å². The van der Waals surface area contributed by atoms with E-state index in [2.05, 4.69) is 20.4 Å². The zero-order valence-electron chi connectivity index (χ0n) is 16.2. The number of alkyl halides is 3. The van der Waals surface area contributed by atoms with Crippen LogP contribution in [0.25, 0.3) is 27.7 Å². The molecule has 0 atom stereocenters. The Kier molecular flexibility index (Phi) is 4.54. The number of hydrogen-bond acceptors (Lipinski definition) is 4. The van der Waals surface area contributed by atoms with Crippen LogP contribution < -0.4 is 5.32 Å². The molecule has 32 heavy (non-hydrogen) atoms. The summed E-state index contributed by atoms with van der Waals surface area (Å²) in [5.74, 6) is -0.523. The van der Waals surface area contributed by atoms with E-state index in [4.69, 9.17) is 4.42 Å². The van der Waals surface area contributed by atoms with Crippen molar-refractivity contribution in [2.24, 2.45) is 0 Å². The molecule has 7 nitrogen and oxygen atoms in total. The summed E-state index contributed by atoms with van der Waals surface area (Å²) in [6, 6.07) is 10.4. The highest BCUT2D eigenvalue weighted by molar-refractivity contribution is 6.07. The Labute approximate surface area is 178 Å². The van der Waals surface area contributed by atoms with Gasteiger partial charge in [0.1, 0.15) is 6.26 Å². The van der Waals surface area contributed by atoms with Crippen molar-refractivity contribution in [3.05, 3.63) is 85.0 Å². The van der Waals surface area contributed by atoms with Crippen molar-refractivity contribution < 1.29 is 22.4 Å². The molecule has 2 aromatic carbocycles. The van der Waals surface area contributed by atoms with Crippen molar-refractivity contribution in [3.8, 4) is 16.8 Å². The largest absolute Gasteiger partial charge is 0.441 e. The quantitative estimate of drug-likeness (QED) is 0.400. The highest BCUT2D eigenvalue weighted by atomic mass is 19.4. The number of fused-ring (bicyclic) bond motifs is 1. The maximum atomic E-state index is 12.8. The van der Waals surface area contributed by atoms with Gasteiger partial charge in [0.15, 0.2) is 0 Å². The minimum Gasteiger partial charge on any atom is -0.441 e. The lowest BCUT2D eigenvalue weighted by atomic mass is 10.1. The molecule has 3 heterocycles. The third kappa shape index (κ3) is 3.62. The van der Waals surface area contributed by atoms with Crippen molar-refractivity contribution in [1.82, 2.24) is 19.7 Å². The molecular formula is C22H14F3N5O2. The molecule has 5 aromatic rings. The van der Waals surface area contributed by atoms with E-state index in [0.717, 1.165) is 34.2 Å². The van der Waals surface area contributed by atoms with Crippen LogP contribution in [0.15, 0.2) is 77.9 Å². The van der Waals surface area contributed by atoms with E-state index in [-0.39, 0.29) is 5.89 Å². The van der Waals surface area contributed by atoms with E-state index in [9.17, 15) is 18.0 Å². The van der Waals surface area contributed by atoms with Gasteiger partial charge in [-0.25, -0.2) is 9.67 Å². The van der Waals surface area contributed by atoms with Crippen molar-refractivity contribution in [2.45, 2.75) is 6.18 Å². The van der Waals surface area contributed by atoms with Gasteiger partial charge in [-0.05, 0) is 42.0 Å². The summed E-state index contributed by atoms with van der Waals surface area (Å²) >= 11 is 0. The number of nitrogens with zero attached hydrogens (tertiary/aromatic N) is 3. The maximum Gasteiger partial charge on any atom is 0.416 e. The van der Waals surface area contributed by atoms with Crippen molar-refractivity contribution in [1.29, 1.82) is 0 Å². The predicted molar refractivity (Wildman–Crippen MR) is 110 cm³/mol. The average molecular weight is 437 g/mol. The molecule has 160 valence electrons. The molecule has 0 unspecified atom stereocenters. The van der Waals surface area contributed by atoms with Crippen LogP contribution in [0, 0.1) is 0 Å². The summed E-state index contributed by atoms with van der Waals surface area (Å²) in [6.07, 6.45) is 3.33. The number of oxazole rings is 1. The van der Waals surface area contributed by atoms with Crippen LogP contribution >= 0.6 is 0 Å². The van der Waals surface area contributed by atoms with Crippen molar-refractivity contribution >= 4 is 22.5 Å². The molecule has 0 aliphatic rings. The monoisotopic (exact) mass is 437 g/mol. The lowest BCUT2D eigenvalue weighted by Crippen LogP contribution is -2.11. The Balaban J connectivity index is 1.43. The van der Waals surface area contributed by atoms with E-state index < -0.39 is 17.6 Å². The van der Waals surface area contributed by atoms with Crippen molar-refractivity contribution in [2.75, 3.05) is 5.32 Å². The number of hydrogen-bond donors (Lipinski definition) is 2. The number of H-pyrrole nitrogens is 1. The molecule has 0 saturated heterocycles. The summed E-state index contributed by atoms with van der Waals surface area (Å²) in [5, 5.41) is 7.79. The maximum absolute atomic E-state index is 12.8. The van der Waals surface area contributed by atoms with Crippen LogP contribution in [-0.2, 0) is 6.18 Å². The molecule has 0 aliphatic heterocycles. The highest BCUT2D eigenvalue weighted by Crippen LogP contribution is 2.31. The van der Waals surface area contributed by atoms with Crippen LogP contribution in [0.5, 0.6) is 0 Å². The number of aromatic nitrogens is 4. The third-order valence-electron chi connectivity index (χ3n) is 4.93. The first-order chi connectivity index (χ1) is 15.4. The van der Waals surface area contributed by atoms with E-state index in [1.54, 1.807) is 18.6 Å². The summed E-state index contributed by atoms with van der Waals surface area (Å²) in [6.45, 7) is 0. The van der Waals surface area contributed by atoms with Gasteiger partial charge in [-0.15, -0.1) is 0 Å². The number of rotatable bonds is 4. The summed E-state index contributed by atoms with van der Waals surface area (Å²) in [7, 11) is 0. The Morgan fingerprint density at radius 1 is 1.09 bits per heavy atom. The smallest absolute Gasteiger partial charge is 0.416 e. The number of benzene rings is 2. The predicted octanol–water partition coefficient (Wildman–Crippen LogP) is 5.28. The van der Waals surface area contributed by atoms with Gasteiger partial charge in [-0.2, -0.15) is 18.3 Å². The Bertz CT molecular complexity index is 1400. The summed E-state index contributed by atoms with van der Waals surface area (Å²) < 4.78 is 44.9. The SMILES string of the molecule is O=C(Nc1c[nH]c2ccc(-c3cnn(-c4ccc(C(F)(F)F)cc4)c3)cc12)c1ncco1. The summed E-state index contributed by atoms with van der Waals surface area (Å²) in [5.41, 5.74) is 2.74. The fourth-order valence-corrected chi connectivity index (χ4v) is 3.33. The Morgan fingerprint density at radius 2 is 1.91 bits per heavy atom. The number of aromatic amines is 1. The topological polar surface area (TPSA) is 88.7 Å². The van der Waals surface area contributed by atoms with E-state index in [0.29, 0.717) is 11.4 Å². The average Bonchev–Trinajstić information content (AvgIpc) is 3.54. The second kappa shape index (κ2) is 7.41. The van der Waals surface area contributed by atoms with Gasteiger partial charge in [0.2, 0.25) is 0 Å². The molecular weight excluding hydrogens is 423 g/mol. The zero-order valence-corrected chi connectivity index (χ0v) is 16.2. The van der Waals surface area contributed by atoms with E-state index >= 15 is 0 Å². The molecule has 0 radical (unpaired) electrons. The first-order valence-electron chi connectivity index (χ1n) is 9.43. The van der Waals surface area contributed by atoms with E-state index in [1.807, 2.05) is 18.2 Å². The molecule has 10 heteroatoms. The standard InChI is InChI=1S/C22H14F3N5O2/c23-22(24,25)15-2-4-16(5-3-15)30-12-14(10-28-30)13-1-6-18-17(9-13)19(11-27-18)29-20(31)21-26-7-8-32-21/h1-12,27H,(H,29,31). The molecule has 1 amide bonds. The second-order valence-corrected chi connectivity index (χ2v) is 6.97. The number of anilines is 1. The van der Waals surface area contributed by atoms with Crippen LogP contribution in [0.1, 0.15) is 16.2 Å². The first kappa shape index (κ1) is 19.6. The number of carbonyl (C=O) groups excluding carboxylic acids is 1. The van der Waals surface area contributed by atoms with Crippen LogP contribution in [0.3, 0.4) is 0 Å². The number of halogens is 3. The normalized spacial score (nSPS) is 11.7. The number of nitrogens with one attached hydrogen (secondary N) is 2. The lowest BCUT2D eigenvalue weighted by Gasteiger charge is -2.07. The summed E-state index contributed by atoms with van der Waals surface area (Å²) in [4.78, 5) is 19.2. The minimum atomic E-state index is -4.39. The molecule has 0 bridgehead atoms. The number of carbonyl (C=O) groups is 1. The minimum absolute atomic E-state index is 0.0478. The Hall–Kier alpha value is -4.34. The van der Waals surface area contributed by atoms with E-state index in [1.165, 1.54) is 29.3 Å². The highest BCUT2D eigenvalue weighted by Gasteiger charge is 2.30. The van der Waals surface area contributed by atoms with Crippen LogP contribution in [0.2, 0.25) is 0 Å². The molecule has 0 fully saturated rings. The Morgan fingerprint density at radius 3 is 2.62 bits per heavy atom. The van der Waals surface area contributed by atoms with Gasteiger partial charge in [-0.1, -0.05) is 6.07 Å². The van der Waals surface area contributed by atoms with Crippen LogP contribution in [-0.4, -0.2) is 25.7 Å². The molecule has 0 saturated carbocycles. The zero-order chi connectivity index (χ0) is 22.3. The van der Waals surface area contributed by atoms with Crippen molar-refractivity contribution in [3.63, 3.8) is 0 Å². The fourth-order valence-electron chi connectivity index (χ4n) is 3.33. The molecule has 5 rings (SSSR count). The van der Waals surface area contributed by atoms with Gasteiger partial charge in [0.05, 0.1) is 29.3 Å². The first-order valence-corrected chi connectivity index (χ1v) is 9.43. The molecule has 3 aromatic heterocycles.